The van der Waals surface area contributed by atoms with Crippen LogP contribution in [0.3, 0.4) is 0 Å². The number of hydrogen-bond acceptors (Lipinski definition) is 2. The maximum Gasteiger partial charge on any atom is 0.296 e. The Morgan fingerprint density at radius 1 is 1.16 bits per heavy atom. The molecule has 2 N–H and O–H groups in total. The Morgan fingerprint density at radius 3 is 2.58 bits per heavy atom. The van der Waals surface area contributed by atoms with Gasteiger partial charge in [0.2, 0.25) is 0 Å². The highest BCUT2D eigenvalue weighted by atomic mass is 19.3. The lowest BCUT2D eigenvalue weighted by molar-refractivity contribution is -0.0831. The predicted molar refractivity (Wildman–Crippen MR) is 73.4 cm³/mol. The second-order valence-corrected chi connectivity index (χ2v) is 4.83. The maximum absolute atomic E-state index is 13.8. The Bertz CT molecular complexity index is 369. The molecule has 0 saturated carbocycles. The minimum atomic E-state index is -2.91. The largest absolute Gasteiger partial charge is 0.375 e. The standard InChI is InChI=1S/C15H23F2NO/c1-13-7-6-8-14(11-13)15(16,17)12-19-10-5-3-2-4-9-18/h6-8,11H,2-5,9-10,12,18H2,1H3. The highest BCUT2D eigenvalue weighted by molar-refractivity contribution is 5.25. The molecule has 1 rings (SSSR count). The first kappa shape index (κ1) is 16.1. The number of aryl methyl sites for hydroxylation is 1. The van der Waals surface area contributed by atoms with Crippen molar-refractivity contribution in [2.45, 2.75) is 38.5 Å². The number of nitrogens with two attached hydrogens (primary N) is 1. The van der Waals surface area contributed by atoms with E-state index in [0.29, 0.717) is 13.2 Å². The van der Waals surface area contributed by atoms with Crippen LogP contribution in [0.15, 0.2) is 24.3 Å². The molecule has 0 amide bonds. The molecular weight excluding hydrogens is 248 g/mol. The number of ether oxygens (including phenoxy) is 1. The average molecular weight is 271 g/mol. The summed E-state index contributed by atoms with van der Waals surface area (Å²) >= 11 is 0. The Labute approximate surface area is 114 Å². The van der Waals surface area contributed by atoms with Crippen LogP contribution in [0.25, 0.3) is 0 Å². The molecule has 0 aliphatic rings. The Kier molecular flexibility index (Phi) is 6.95. The first-order valence-electron chi connectivity index (χ1n) is 6.79. The highest BCUT2D eigenvalue weighted by Gasteiger charge is 2.31. The van der Waals surface area contributed by atoms with Crippen LogP contribution in [0, 0.1) is 6.92 Å². The zero-order valence-corrected chi connectivity index (χ0v) is 11.5. The van der Waals surface area contributed by atoms with E-state index < -0.39 is 12.5 Å². The fourth-order valence-electron chi connectivity index (χ4n) is 1.86. The number of hydrogen-bond donors (Lipinski definition) is 1. The third-order valence-electron chi connectivity index (χ3n) is 2.97. The molecule has 0 atom stereocenters. The number of unbranched alkanes of at least 4 members (excludes halogenated alkanes) is 3. The molecule has 0 aliphatic carbocycles. The van der Waals surface area contributed by atoms with Crippen LogP contribution >= 0.6 is 0 Å². The van der Waals surface area contributed by atoms with Crippen molar-refractivity contribution >= 4 is 0 Å². The van der Waals surface area contributed by atoms with Crippen molar-refractivity contribution in [2.75, 3.05) is 19.8 Å². The second kappa shape index (κ2) is 8.23. The summed E-state index contributed by atoms with van der Waals surface area (Å²) in [5.41, 5.74) is 6.23. The van der Waals surface area contributed by atoms with Gasteiger partial charge in [0.25, 0.3) is 5.92 Å². The highest BCUT2D eigenvalue weighted by Crippen LogP contribution is 2.28. The van der Waals surface area contributed by atoms with Gasteiger partial charge in [0.15, 0.2) is 0 Å². The van der Waals surface area contributed by atoms with Gasteiger partial charge in [0.1, 0.15) is 6.61 Å². The van der Waals surface area contributed by atoms with Gasteiger partial charge in [-0.1, -0.05) is 42.7 Å². The first-order valence-corrected chi connectivity index (χ1v) is 6.79. The fourth-order valence-corrected chi connectivity index (χ4v) is 1.86. The van der Waals surface area contributed by atoms with E-state index in [-0.39, 0.29) is 5.56 Å². The molecule has 0 bridgehead atoms. The molecular formula is C15H23F2NO. The predicted octanol–water partition coefficient (Wildman–Crippen LogP) is 3.62. The van der Waals surface area contributed by atoms with Gasteiger partial charge in [-0.2, -0.15) is 8.78 Å². The van der Waals surface area contributed by atoms with Gasteiger partial charge in [0.05, 0.1) is 0 Å². The third kappa shape index (κ3) is 6.12. The summed E-state index contributed by atoms with van der Waals surface area (Å²) in [5.74, 6) is -2.91. The summed E-state index contributed by atoms with van der Waals surface area (Å²) in [6.45, 7) is 2.32. The molecule has 0 spiro atoms. The van der Waals surface area contributed by atoms with Crippen molar-refractivity contribution < 1.29 is 13.5 Å². The molecule has 2 nitrogen and oxygen atoms in total. The van der Waals surface area contributed by atoms with Crippen LogP contribution in [0.5, 0.6) is 0 Å². The van der Waals surface area contributed by atoms with Gasteiger partial charge >= 0.3 is 0 Å². The van der Waals surface area contributed by atoms with E-state index in [1.54, 1.807) is 19.1 Å². The molecule has 0 fully saturated rings. The Balaban J connectivity index is 2.27. The molecule has 1 aromatic rings. The van der Waals surface area contributed by atoms with Crippen LogP contribution in [0.2, 0.25) is 0 Å². The van der Waals surface area contributed by atoms with Crippen LogP contribution in [-0.2, 0) is 10.7 Å². The summed E-state index contributed by atoms with van der Waals surface area (Å²) < 4.78 is 32.7. The van der Waals surface area contributed by atoms with Crippen molar-refractivity contribution in [3.63, 3.8) is 0 Å². The Morgan fingerprint density at radius 2 is 1.89 bits per heavy atom. The van der Waals surface area contributed by atoms with Crippen LogP contribution < -0.4 is 5.73 Å². The summed E-state index contributed by atoms with van der Waals surface area (Å²) in [4.78, 5) is 0. The van der Waals surface area contributed by atoms with Gasteiger partial charge in [-0.05, 0) is 26.3 Å². The normalized spacial score (nSPS) is 11.8. The summed E-state index contributed by atoms with van der Waals surface area (Å²) in [5, 5.41) is 0. The van der Waals surface area contributed by atoms with Crippen LogP contribution in [0.1, 0.15) is 36.8 Å². The summed E-state index contributed by atoms with van der Waals surface area (Å²) in [6.07, 6.45) is 3.81. The van der Waals surface area contributed by atoms with Crippen molar-refractivity contribution in [3.05, 3.63) is 35.4 Å². The van der Waals surface area contributed by atoms with Gasteiger partial charge in [0, 0.05) is 12.2 Å². The molecule has 19 heavy (non-hydrogen) atoms. The van der Waals surface area contributed by atoms with E-state index in [9.17, 15) is 8.78 Å². The topological polar surface area (TPSA) is 35.2 Å². The lowest BCUT2D eigenvalue weighted by atomic mass is 10.1. The number of halogens is 2. The zero-order valence-electron chi connectivity index (χ0n) is 11.5. The van der Waals surface area contributed by atoms with E-state index in [0.717, 1.165) is 31.2 Å². The molecule has 0 radical (unpaired) electrons. The lowest BCUT2D eigenvalue weighted by Gasteiger charge is -2.17. The van der Waals surface area contributed by atoms with Gasteiger partial charge in [-0.25, -0.2) is 0 Å². The molecule has 0 heterocycles. The summed E-state index contributed by atoms with van der Waals surface area (Å²) in [6, 6.07) is 6.39. The number of benzene rings is 1. The lowest BCUT2D eigenvalue weighted by Crippen LogP contribution is -2.21. The molecule has 1 aromatic carbocycles. The molecule has 108 valence electrons. The van der Waals surface area contributed by atoms with Gasteiger partial charge in [-0.3, -0.25) is 0 Å². The molecule has 0 aliphatic heterocycles. The van der Waals surface area contributed by atoms with Crippen molar-refractivity contribution in [2.24, 2.45) is 5.73 Å². The minimum Gasteiger partial charge on any atom is -0.375 e. The quantitative estimate of drug-likeness (QED) is 0.696. The summed E-state index contributed by atoms with van der Waals surface area (Å²) in [7, 11) is 0. The van der Waals surface area contributed by atoms with E-state index in [2.05, 4.69) is 0 Å². The smallest absolute Gasteiger partial charge is 0.296 e. The number of alkyl halides is 2. The second-order valence-electron chi connectivity index (χ2n) is 4.83. The van der Waals surface area contributed by atoms with Crippen LogP contribution in [-0.4, -0.2) is 19.8 Å². The maximum atomic E-state index is 13.8. The zero-order chi connectivity index (χ0) is 14.1. The van der Waals surface area contributed by atoms with Crippen molar-refractivity contribution in [1.29, 1.82) is 0 Å². The first-order chi connectivity index (χ1) is 9.06. The van der Waals surface area contributed by atoms with E-state index in [1.165, 1.54) is 12.1 Å². The van der Waals surface area contributed by atoms with Crippen molar-refractivity contribution in [1.82, 2.24) is 0 Å². The van der Waals surface area contributed by atoms with Crippen molar-refractivity contribution in [3.8, 4) is 0 Å². The SMILES string of the molecule is Cc1cccc(C(F)(F)COCCCCCCN)c1. The van der Waals surface area contributed by atoms with Gasteiger partial charge < -0.3 is 10.5 Å². The molecule has 0 unspecified atom stereocenters. The van der Waals surface area contributed by atoms with Gasteiger partial charge in [-0.15, -0.1) is 0 Å². The molecule has 0 aromatic heterocycles. The van der Waals surface area contributed by atoms with E-state index in [4.69, 9.17) is 10.5 Å². The van der Waals surface area contributed by atoms with E-state index >= 15 is 0 Å². The third-order valence-corrected chi connectivity index (χ3v) is 2.97. The molecule has 4 heteroatoms. The Hall–Kier alpha value is -1.00. The number of rotatable bonds is 9. The fraction of sp³-hybridized carbons (Fsp3) is 0.600. The van der Waals surface area contributed by atoms with Crippen LogP contribution in [0.4, 0.5) is 8.78 Å². The van der Waals surface area contributed by atoms with E-state index in [1.807, 2.05) is 0 Å². The molecule has 0 saturated heterocycles. The monoisotopic (exact) mass is 271 g/mol. The minimum absolute atomic E-state index is 0.0237. The average Bonchev–Trinajstić information content (AvgIpc) is 2.38.